The summed E-state index contributed by atoms with van der Waals surface area (Å²) >= 11 is 5.75. The van der Waals surface area contributed by atoms with Gasteiger partial charge in [0, 0.05) is 16.9 Å². The molecular weight excluding hydrogens is 340 g/mol. The Morgan fingerprint density at radius 3 is 2.61 bits per heavy atom. The highest BCUT2D eigenvalue weighted by Gasteiger charge is 2.25. The summed E-state index contributed by atoms with van der Waals surface area (Å²) in [6, 6.07) is 11.4. The van der Waals surface area contributed by atoms with Crippen LogP contribution in [0.25, 0.3) is 5.65 Å². The third kappa shape index (κ3) is 3.33. The molecule has 0 saturated heterocycles. The van der Waals surface area contributed by atoms with Gasteiger partial charge in [0.2, 0.25) is 15.7 Å². The van der Waals surface area contributed by atoms with E-state index in [-0.39, 0.29) is 5.16 Å². The topological polar surface area (TPSA) is 93.4 Å². The van der Waals surface area contributed by atoms with E-state index in [0.717, 1.165) is 0 Å². The van der Waals surface area contributed by atoms with Crippen molar-refractivity contribution in [2.45, 2.75) is 5.16 Å². The van der Waals surface area contributed by atoms with E-state index in [4.69, 9.17) is 11.6 Å². The minimum atomic E-state index is -3.92. The van der Waals surface area contributed by atoms with Gasteiger partial charge in [-0.15, -0.1) is 10.2 Å². The molecule has 23 heavy (non-hydrogen) atoms. The number of hydrogen-bond donors (Lipinski definition) is 1. The smallest absolute Gasteiger partial charge is 0.254 e. The Hall–Kier alpha value is -2.45. The fraction of sp³-hybridized carbons (Fsp3) is 0.0714. The maximum absolute atomic E-state index is 12.4. The lowest BCUT2D eigenvalue weighted by atomic mass is 10.3. The highest BCUT2D eigenvalue weighted by molar-refractivity contribution is 7.92. The van der Waals surface area contributed by atoms with Crippen molar-refractivity contribution in [2.75, 3.05) is 11.1 Å². The van der Waals surface area contributed by atoms with Crippen molar-refractivity contribution in [3.63, 3.8) is 0 Å². The Labute approximate surface area is 136 Å². The SMILES string of the molecule is O=C(CS(=O)(=O)c1nnc2ccccn12)Nc1ccc(Cl)cc1. The summed E-state index contributed by atoms with van der Waals surface area (Å²) in [5.41, 5.74) is 0.852. The van der Waals surface area contributed by atoms with E-state index in [1.165, 1.54) is 10.6 Å². The molecule has 118 valence electrons. The Balaban J connectivity index is 1.80. The fourth-order valence-electron chi connectivity index (χ4n) is 2.00. The zero-order chi connectivity index (χ0) is 16.4. The number of nitrogens with zero attached hydrogens (tertiary/aromatic N) is 3. The summed E-state index contributed by atoms with van der Waals surface area (Å²) in [7, 11) is -3.92. The predicted octanol–water partition coefficient (Wildman–Crippen LogP) is 1.80. The van der Waals surface area contributed by atoms with Gasteiger partial charge < -0.3 is 5.32 Å². The minimum Gasteiger partial charge on any atom is -0.325 e. The molecule has 1 aromatic carbocycles. The number of halogens is 1. The average molecular weight is 351 g/mol. The van der Waals surface area contributed by atoms with Gasteiger partial charge >= 0.3 is 0 Å². The largest absolute Gasteiger partial charge is 0.325 e. The number of fused-ring (bicyclic) bond motifs is 1. The molecule has 3 aromatic rings. The molecule has 3 rings (SSSR count). The van der Waals surface area contributed by atoms with Crippen molar-refractivity contribution < 1.29 is 13.2 Å². The van der Waals surface area contributed by atoms with Gasteiger partial charge in [0.05, 0.1) is 0 Å². The summed E-state index contributed by atoms with van der Waals surface area (Å²) in [6.45, 7) is 0. The number of pyridine rings is 1. The van der Waals surface area contributed by atoms with Gasteiger partial charge in [0.15, 0.2) is 5.65 Å². The molecule has 0 spiro atoms. The normalized spacial score (nSPS) is 11.5. The van der Waals surface area contributed by atoms with Gasteiger partial charge in [-0.05, 0) is 36.4 Å². The molecule has 0 fully saturated rings. The van der Waals surface area contributed by atoms with Crippen molar-refractivity contribution >= 4 is 38.7 Å². The van der Waals surface area contributed by atoms with Crippen molar-refractivity contribution in [2.24, 2.45) is 0 Å². The van der Waals surface area contributed by atoms with Crippen LogP contribution >= 0.6 is 11.6 Å². The Bertz CT molecular complexity index is 967. The first-order valence-electron chi connectivity index (χ1n) is 6.54. The molecule has 0 unspecified atom stereocenters. The second-order valence-corrected chi connectivity index (χ2v) is 7.05. The Morgan fingerprint density at radius 2 is 1.87 bits per heavy atom. The molecule has 0 bridgehead atoms. The second kappa shape index (κ2) is 5.98. The number of benzene rings is 1. The molecule has 0 atom stereocenters. The molecule has 2 heterocycles. The van der Waals surface area contributed by atoms with E-state index in [1.54, 1.807) is 42.5 Å². The van der Waals surface area contributed by atoms with E-state index in [0.29, 0.717) is 16.4 Å². The Morgan fingerprint density at radius 1 is 1.13 bits per heavy atom. The van der Waals surface area contributed by atoms with Gasteiger partial charge in [-0.25, -0.2) is 8.42 Å². The predicted molar refractivity (Wildman–Crippen MR) is 85.1 cm³/mol. The van der Waals surface area contributed by atoms with Crippen LogP contribution in [0.3, 0.4) is 0 Å². The number of carbonyl (C=O) groups excluding carboxylic acids is 1. The molecule has 0 aliphatic rings. The van der Waals surface area contributed by atoms with Crippen LogP contribution in [0.4, 0.5) is 5.69 Å². The number of nitrogens with one attached hydrogen (secondary N) is 1. The quantitative estimate of drug-likeness (QED) is 0.774. The van der Waals surface area contributed by atoms with Crippen LogP contribution < -0.4 is 5.32 Å². The number of rotatable bonds is 4. The molecule has 9 heteroatoms. The first kappa shape index (κ1) is 15.4. The molecule has 0 aliphatic heterocycles. The summed E-state index contributed by atoms with van der Waals surface area (Å²) in [5.74, 6) is -1.40. The van der Waals surface area contributed by atoms with Gasteiger partial charge in [0.25, 0.3) is 5.16 Å². The van der Waals surface area contributed by atoms with Crippen LogP contribution in [0.2, 0.25) is 5.02 Å². The fourth-order valence-corrected chi connectivity index (χ4v) is 3.29. The lowest BCUT2D eigenvalue weighted by Crippen LogP contribution is -2.24. The summed E-state index contributed by atoms with van der Waals surface area (Å²) in [6.07, 6.45) is 1.53. The maximum atomic E-state index is 12.4. The molecule has 2 aromatic heterocycles. The summed E-state index contributed by atoms with van der Waals surface area (Å²) in [5, 5.41) is 10.2. The van der Waals surface area contributed by atoms with Crippen molar-refractivity contribution in [1.82, 2.24) is 14.6 Å². The average Bonchev–Trinajstić information content (AvgIpc) is 2.94. The van der Waals surface area contributed by atoms with E-state index in [1.807, 2.05) is 0 Å². The molecule has 0 aliphatic carbocycles. The van der Waals surface area contributed by atoms with Crippen LogP contribution in [0, 0.1) is 0 Å². The summed E-state index contributed by atoms with van der Waals surface area (Å²) in [4.78, 5) is 12.0. The van der Waals surface area contributed by atoms with Gasteiger partial charge in [-0.2, -0.15) is 0 Å². The highest BCUT2D eigenvalue weighted by atomic mass is 35.5. The zero-order valence-corrected chi connectivity index (χ0v) is 13.3. The minimum absolute atomic E-state index is 0.264. The van der Waals surface area contributed by atoms with Crippen LogP contribution in [0.5, 0.6) is 0 Å². The summed E-state index contributed by atoms with van der Waals surface area (Å²) < 4.78 is 26.0. The van der Waals surface area contributed by atoms with E-state index in [9.17, 15) is 13.2 Å². The number of aromatic nitrogens is 3. The lowest BCUT2D eigenvalue weighted by molar-refractivity contribution is -0.113. The zero-order valence-electron chi connectivity index (χ0n) is 11.7. The lowest BCUT2D eigenvalue weighted by Gasteiger charge is -2.05. The van der Waals surface area contributed by atoms with E-state index < -0.39 is 21.5 Å². The third-order valence-electron chi connectivity index (χ3n) is 3.01. The van der Waals surface area contributed by atoms with Crippen LogP contribution in [-0.2, 0) is 14.6 Å². The van der Waals surface area contributed by atoms with Crippen LogP contribution in [-0.4, -0.2) is 34.7 Å². The molecule has 1 N–H and O–H groups in total. The van der Waals surface area contributed by atoms with Crippen molar-refractivity contribution in [1.29, 1.82) is 0 Å². The van der Waals surface area contributed by atoms with Crippen molar-refractivity contribution in [3.8, 4) is 0 Å². The molecule has 0 radical (unpaired) electrons. The number of carbonyl (C=O) groups is 1. The Kier molecular flexibility index (Phi) is 4.01. The number of sulfone groups is 1. The first-order chi connectivity index (χ1) is 11.0. The third-order valence-corrected chi connectivity index (χ3v) is 4.74. The van der Waals surface area contributed by atoms with E-state index >= 15 is 0 Å². The van der Waals surface area contributed by atoms with Crippen LogP contribution in [0.1, 0.15) is 0 Å². The number of anilines is 1. The number of hydrogen-bond acceptors (Lipinski definition) is 5. The first-order valence-corrected chi connectivity index (χ1v) is 8.57. The molecule has 7 nitrogen and oxygen atoms in total. The molecule has 1 amide bonds. The van der Waals surface area contributed by atoms with Crippen molar-refractivity contribution in [3.05, 3.63) is 53.7 Å². The van der Waals surface area contributed by atoms with Gasteiger partial charge in [-0.1, -0.05) is 17.7 Å². The van der Waals surface area contributed by atoms with E-state index in [2.05, 4.69) is 15.5 Å². The monoisotopic (exact) mass is 350 g/mol. The standard InChI is InChI=1S/C14H11ClN4O3S/c15-10-4-6-11(7-5-10)16-13(20)9-23(21,22)14-18-17-12-3-1-2-8-19(12)14/h1-8H,9H2,(H,16,20). The van der Waals surface area contributed by atoms with Gasteiger partial charge in [-0.3, -0.25) is 9.20 Å². The molecular formula is C14H11ClN4O3S. The maximum Gasteiger partial charge on any atom is 0.254 e. The molecule has 0 saturated carbocycles. The second-order valence-electron chi connectivity index (χ2n) is 4.73. The number of amides is 1. The van der Waals surface area contributed by atoms with Crippen LogP contribution in [0.15, 0.2) is 53.8 Å². The van der Waals surface area contributed by atoms with Gasteiger partial charge in [0.1, 0.15) is 5.75 Å². The highest BCUT2D eigenvalue weighted by Crippen LogP contribution is 2.15.